The first-order chi connectivity index (χ1) is 10.6. The van der Waals surface area contributed by atoms with E-state index in [0.29, 0.717) is 18.1 Å². The second kappa shape index (κ2) is 5.60. The first-order valence-corrected chi connectivity index (χ1v) is 7.07. The minimum atomic E-state index is -0.447. The molecule has 0 fully saturated rings. The second-order valence-electron chi connectivity index (χ2n) is 5.07. The van der Waals surface area contributed by atoms with Gasteiger partial charge in [0.25, 0.3) is 0 Å². The van der Waals surface area contributed by atoms with Crippen LogP contribution in [0.15, 0.2) is 36.4 Å². The van der Waals surface area contributed by atoms with E-state index in [0.717, 1.165) is 5.56 Å². The van der Waals surface area contributed by atoms with E-state index in [1.165, 1.54) is 6.07 Å². The maximum Gasteiger partial charge on any atom is 0.174 e. The molecule has 114 valence electrons. The quantitative estimate of drug-likeness (QED) is 0.910. The summed E-state index contributed by atoms with van der Waals surface area (Å²) in [6.45, 7) is 2.29. The maximum atomic E-state index is 12.3. The van der Waals surface area contributed by atoms with Gasteiger partial charge < -0.3 is 19.7 Å². The van der Waals surface area contributed by atoms with Crippen LogP contribution in [0.2, 0.25) is 0 Å². The highest BCUT2D eigenvalue weighted by molar-refractivity contribution is 6.02. The van der Waals surface area contributed by atoms with Gasteiger partial charge in [-0.1, -0.05) is 12.1 Å². The van der Waals surface area contributed by atoms with Gasteiger partial charge in [0.05, 0.1) is 13.0 Å². The Balaban J connectivity index is 1.97. The van der Waals surface area contributed by atoms with Crippen LogP contribution in [0.1, 0.15) is 35.4 Å². The van der Waals surface area contributed by atoms with Crippen molar-refractivity contribution in [3.63, 3.8) is 0 Å². The van der Waals surface area contributed by atoms with Crippen LogP contribution in [0.4, 0.5) is 0 Å². The average Bonchev–Trinajstić information content (AvgIpc) is 2.47. The van der Waals surface area contributed by atoms with Gasteiger partial charge in [0.1, 0.15) is 34.7 Å². The van der Waals surface area contributed by atoms with E-state index in [4.69, 9.17) is 9.47 Å². The molecule has 2 aromatic rings. The first-order valence-electron chi connectivity index (χ1n) is 7.07. The van der Waals surface area contributed by atoms with Crippen molar-refractivity contribution in [3.05, 3.63) is 47.5 Å². The van der Waals surface area contributed by atoms with Gasteiger partial charge in [-0.15, -0.1) is 0 Å². The maximum absolute atomic E-state index is 12.3. The van der Waals surface area contributed by atoms with Crippen LogP contribution >= 0.6 is 0 Å². The van der Waals surface area contributed by atoms with Gasteiger partial charge in [0, 0.05) is 12.1 Å². The van der Waals surface area contributed by atoms with Crippen LogP contribution in [0, 0.1) is 0 Å². The number of fused-ring (bicyclic) bond motifs is 1. The molecule has 0 bridgehead atoms. The normalized spacial score (nSPS) is 16.8. The zero-order valence-corrected chi connectivity index (χ0v) is 12.1. The Morgan fingerprint density at radius 3 is 2.64 bits per heavy atom. The number of Topliss-reactive ketones (excluding diaryl/α,β-unsaturated/α-hetero) is 1. The van der Waals surface area contributed by atoms with Gasteiger partial charge in [-0.05, 0) is 24.6 Å². The van der Waals surface area contributed by atoms with Crippen molar-refractivity contribution >= 4 is 5.78 Å². The summed E-state index contributed by atoms with van der Waals surface area (Å²) in [5, 5.41) is 19.4. The van der Waals surface area contributed by atoms with E-state index in [-0.39, 0.29) is 29.3 Å². The number of aromatic hydroxyl groups is 2. The molecule has 1 unspecified atom stereocenters. The molecule has 5 nitrogen and oxygen atoms in total. The van der Waals surface area contributed by atoms with Gasteiger partial charge in [0.15, 0.2) is 5.78 Å². The number of rotatable bonds is 3. The van der Waals surface area contributed by atoms with Crippen molar-refractivity contribution in [1.29, 1.82) is 0 Å². The molecule has 2 N–H and O–H groups in total. The molecule has 0 aromatic heterocycles. The molecule has 5 heteroatoms. The van der Waals surface area contributed by atoms with Crippen molar-refractivity contribution in [1.82, 2.24) is 0 Å². The minimum absolute atomic E-state index is 0.130. The number of hydrogen-bond donors (Lipinski definition) is 2. The third kappa shape index (κ3) is 2.57. The lowest BCUT2D eigenvalue weighted by atomic mass is 9.95. The Morgan fingerprint density at radius 2 is 1.95 bits per heavy atom. The van der Waals surface area contributed by atoms with Gasteiger partial charge in [0.2, 0.25) is 0 Å². The summed E-state index contributed by atoms with van der Waals surface area (Å²) in [6, 6.07) is 9.56. The molecule has 2 aromatic carbocycles. The highest BCUT2D eigenvalue weighted by Crippen LogP contribution is 2.42. The number of hydrogen-bond acceptors (Lipinski definition) is 5. The van der Waals surface area contributed by atoms with Gasteiger partial charge in [-0.2, -0.15) is 0 Å². The number of phenols is 2. The summed E-state index contributed by atoms with van der Waals surface area (Å²) in [4.78, 5) is 12.3. The van der Waals surface area contributed by atoms with Crippen molar-refractivity contribution < 1.29 is 24.5 Å². The molecule has 0 aliphatic carbocycles. The van der Waals surface area contributed by atoms with Crippen LogP contribution in [-0.4, -0.2) is 22.6 Å². The zero-order valence-electron chi connectivity index (χ0n) is 12.1. The molecule has 0 saturated carbocycles. The monoisotopic (exact) mass is 300 g/mol. The summed E-state index contributed by atoms with van der Waals surface area (Å²) >= 11 is 0. The van der Waals surface area contributed by atoms with Crippen LogP contribution in [0.25, 0.3) is 0 Å². The standard InChI is InChI=1S/C17H16O5/c1-2-21-12-7-13(19)17-14(20)9-15(22-16(17)8-12)10-3-5-11(18)6-4-10/h3-8,15,18-19H,2,9H2,1H3. The number of benzene rings is 2. The molecule has 1 heterocycles. The fourth-order valence-electron chi connectivity index (χ4n) is 2.54. The van der Waals surface area contributed by atoms with Gasteiger partial charge >= 0.3 is 0 Å². The van der Waals surface area contributed by atoms with Crippen molar-refractivity contribution in [3.8, 4) is 23.0 Å². The fourth-order valence-corrected chi connectivity index (χ4v) is 2.54. The summed E-state index contributed by atoms with van der Waals surface area (Å²) in [5.41, 5.74) is 0.983. The second-order valence-corrected chi connectivity index (χ2v) is 5.07. The van der Waals surface area contributed by atoms with E-state index < -0.39 is 6.10 Å². The van der Waals surface area contributed by atoms with E-state index in [9.17, 15) is 15.0 Å². The lowest BCUT2D eigenvalue weighted by Crippen LogP contribution is -2.20. The summed E-state index contributed by atoms with van der Waals surface area (Å²) in [6.07, 6.45) is -0.309. The molecule has 22 heavy (non-hydrogen) atoms. The third-order valence-corrected chi connectivity index (χ3v) is 3.55. The lowest BCUT2D eigenvalue weighted by molar-refractivity contribution is 0.0844. The molecule has 0 saturated heterocycles. The molecule has 1 aliphatic heterocycles. The summed E-state index contributed by atoms with van der Waals surface area (Å²) in [7, 11) is 0. The molecule has 0 amide bonds. The Hall–Kier alpha value is -2.69. The summed E-state index contributed by atoms with van der Waals surface area (Å²) in [5.74, 6) is 0.619. The molecule has 1 atom stereocenters. The first kappa shape index (κ1) is 14.3. The SMILES string of the molecule is CCOc1cc(O)c2c(c1)OC(c1ccc(O)cc1)CC2=O. The van der Waals surface area contributed by atoms with Crippen molar-refractivity contribution in [2.75, 3.05) is 6.61 Å². The van der Waals surface area contributed by atoms with Crippen LogP contribution in [0.3, 0.4) is 0 Å². The Morgan fingerprint density at radius 1 is 1.23 bits per heavy atom. The average molecular weight is 300 g/mol. The van der Waals surface area contributed by atoms with Crippen molar-refractivity contribution in [2.45, 2.75) is 19.4 Å². The molecule has 1 aliphatic rings. The molecular weight excluding hydrogens is 284 g/mol. The van der Waals surface area contributed by atoms with E-state index in [2.05, 4.69) is 0 Å². The van der Waals surface area contributed by atoms with E-state index in [1.807, 2.05) is 6.92 Å². The Kier molecular flexibility index (Phi) is 3.63. The van der Waals surface area contributed by atoms with Crippen molar-refractivity contribution in [2.24, 2.45) is 0 Å². The Bertz CT molecular complexity index is 706. The minimum Gasteiger partial charge on any atom is -0.508 e. The van der Waals surface area contributed by atoms with Gasteiger partial charge in [-0.3, -0.25) is 4.79 Å². The highest BCUT2D eigenvalue weighted by atomic mass is 16.5. The molecular formula is C17H16O5. The van der Waals surface area contributed by atoms with Gasteiger partial charge in [-0.25, -0.2) is 0 Å². The number of phenolic OH excluding ortho intramolecular Hbond substituents is 2. The molecule has 3 rings (SSSR count). The topological polar surface area (TPSA) is 76.0 Å². The highest BCUT2D eigenvalue weighted by Gasteiger charge is 2.30. The fraction of sp³-hybridized carbons (Fsp3) is 0.235. The Labute approximate surface area is 127 Å². The predicted octanol–water partition coefficient (Wildman–Crippen LogP) is 3.20. The number of ketones is 1. The molecule has 0 radical (unpaired) electrons. The van der Waals surface area contributed by atoms with Crippen LogP contribution in [0.5, 0.6) is 23.0 Å². The predicted molar refractivity (Wildman–Crippen MR) is 79.7 cm³/mol. The lowest BCUT2D eigenvalue weighted by Gasteiger charge is -2.26. The molecule has 0 spiro atoms. The third-order valence-electron chi connectivity index (χ3n) is 3.55. The largest absolute Gasteiger partial charge is 0.508 e. The number of carbonyl (C=O) groups excluding carboxylic acids is 1. The zero-order chi connectivity index (χ0) is 15.7. The van der Waals surface area contributed by atoms with Crippen LogP contribution < -0.4 is 9.47 Å². The van der Waals surface area contributed by atoms with E-state index in [1.54, 1.807) is 30.3 Å². The summed E-state index contributed by atoms with van der Waals surface area (Å²) < 4.78 is 11.2. The van der Waals surface area contributed by atoms with E-state index >= 15 is 0 Å². The van der Waals surface area contributed by atoms with Crippen LogP contribution in [-0.2, 0) is 0 Å². The number of ether oxygens (including phenoxy) is 2. The smallest absolute Gasteiger partial charge is 0.174 e. The number of carbonyl (C=O) groups is 1.